The topological polar surface area (TPSA) is 92.8 Å². The lowest BCUT2D eigenvalue weighted by Crippen LogP contribution is -2.30. The number of hydrogen-bond acceptors (Lipinski definition) is 6. The van der Waals surface area contributed by atoms with E-state index in [9.17, 15) is 14.4 Å². The van der Waals surface area contributed by atoms with E-state index in [0.717, 1.165) is 34.7 Å². The number of carbonyl (C=O) groups excluding carboxylic acids is 1. The Balaban J connectivity index is 1.43. The van der Waals surface area contributed by atoms with E-state index in [2.05, 4.69) is 11.1 Å². The molecule has 4 aromatic rings. The fraction of sp³-hybridized carbons (Fsp3) is 0.312. The van der Waals surface area contributed by atoms with Gasteiger partial charge in [-0.1, -0.05) is 32.9 Å². The van der Waals surface area contributed by atoms with Gasteiger partial charge in [0.05, 0.1) is 24.0 Å². The second kappa shape index (κ2) is 11.0. The molecule has 2 aromatic carbocycles. The predicted octanol–water partition coefficient (Wildman–Crippen LogP) is 6.46. The van der Waals surface area contributed by atoms with Crippen molar-refractivity contribution in [3.8, 4) is 34.6 Å². The second-order valence-corrected chi connectivity index (χ2v) is 11.2. The SMILES string of the molecule is COc1cccc(Oc2ccc(-c3nc([C@@H]4CCN(C(=O)/C(C#N)=C/C(C)(C)C)C4)n4ccnc(C)c34)cc2)c1F. The molecule has 0 aliphatic carbocycles. The number of amides is 1. The third-order valence-corrected chi connectivity index (χ3v) is 7.04. The summed E-state index contributed by atoms with van der Waals surface area (Å²) in [7, 11) is 1.41. The number of nitriles is 1. The molecule has 41 heavy (non-hydrogen) atoms. The van der Waals surface area contributed by atoms with Gasteiger partial charge >= 0.3 is 0 Å². The third kappa shape index (κ3) is 5.64. The first-order chi connectivity index (χ1) is 19.6. The van der Waals surface area contributed by atoms with Gasteiger partial charge in [-0.05, 0) is 55.2 Å². The minimum Gasteiger partial charge on any atom is -0.494 e. The Morgan fingerprint density at radius 1 is 1.17 bits per heavy atom. The van der Waals surface area contributed by atoms with Gasteiger partial charge in [-0.25, -0.2) is 4.98 Å². The molecule has 0 spiro atoms. The van der Waals surface area contributed by atoms with Crippen LogP contribution < -0.4 is 9.47 Å². The lowest BCUT2D eigenvalue weighted by molar-refractivity contribution is -0.125. The van der Waals surface area contributed by atoms with Crippen LogP contribution in [0.25, 0.3) is 16.8 Å². The minimum absolute atomic E-state index is 0.00442. The van der Waals surface area contributed by atoms with E-state index >= 15 is 0 Å². The van der Waals surface area contributed by atoms with Crippen molar-refractivity contribution in [2.24, 2.45) is 5.41 Å². The number of ether oxygens (including phenoxy) is 2. The number of imidazole rings is 1. The van der Waals surface area contributed by atoms with Crippen molar-refractivity contribution >= 4 is 11.4 Å². The standard InChI is InChI=1S/C32H32FN5O3/c1-20-29-28(21-9-11-24(12-10-21)41-26-8-6-7-25(40-5)27(26)33)36-30(38(29)16-14-35-20)22-13-15-37(19-22)31(39)23(18-34)17-32(2,3)4/h6-12,14,16-17,22H,13,15,19H2,1-5H3/b23-17+/t22-/m1/s1. The van der Waals surface area contributed by atoms with Gasteiger partial charge in [-0.2, -0.15) is 9.65 Å². The Hall–Kier alpha value is -4.71. The van der Waals surface area contributed by atoms with Gasteiger partial charge in [-0.15, -0.1) is 0 Å². The molecule has 1 saturated heterocycles. The van der Waals surface area contributed by atoms with Crippen LogP contribution in [0.1, 0.15) is 44.6 Å². The van der Waals surface area contributed by atoms with E-state index in [4.69, 9.17) is 14.5 Å². The molecule has 1 amide bonds. The number of fused-ring (bicyclic) bond motifs is 1. The highest BCUT2D eigenvalue weighted by Crippen LogP contribution is 2.35. The Morgan fingerprint density at radius 3 is 2.59 bits per heavy atom. The first-order valence-electron chi connectivity index (χ1n) is 13.5. The Bertz CT molecular complexity index is 1680. The van der Waals surface area contributed by atoms with Crippen LogP contribution in [0.5, 0.6) is 17.2 Å². The van der Waals surface area contributed by atoms with E-state index in [1.165, 1.54) is 13.2 Å². The highest BCUT2D eigenvalue weighted by Gasteiger charge is 2.33. The van der Waals surface area contributed by atoms with Gasteiger partial charge in [0.1, 0.15) is 23.2 Å². The molecule has 3 heterocycles. The highest BCUT2D eigenvalue weighted by molar-refractivity contribution is 5.97. The van der Waals surface area contributed by atoms with Crippen molar-refractivity contribution in [3.63, 3.8) is 0 Å². The van der Waals surface area contributed by atoms with E-state index in [1.807, 2.05) is 50.4 Å². The lowest BCUT2D eigenvalue weighted by atomic mass is 9.93. The van der Waals surface area contributed by atoms with Crippen molar-refractivity contribution < 1.29 is 18.7 Å². The van der Waals surface area contributed by atoms with E-state index in [0.29, 0.717) is 18.8 Å². The molecule has 210 valence electrons. The Labute approximate surface area is 238 Å². The first-order valence-corrected chi connectivity index (χ1v) is 13.5. The summed E-state index contributed by atoms with van der Waals surface area (Å²) in [5, 5.41) is 9.62. The van der Waals surface area contributed by atoms with Crippen LogP contribution >= 0.6 is 0 Å². The lowest BCUT2D eigenvalue weighted by Gasteiger charge is -2.18. The summed E-state index contributed by atoms with van der Waals surface area (Å²) in [6.45, 7) is 8.86. The van der Waals surface area contributed by atoms with Crippen LogP contribution in [0, 0.1) is 29.5 Å². The molecule has 1 atom stereocenters. The molecular weight excluding hydrogens is 521 g/mol. The van der Waals surface area contributed by atoms with Gasteiger partial charge in [0.15, 0.2) is 11.5 Å². The van der Waals surface area contributed by atoms with Gasteiger partial charge in [0.25, 0.3) is 5.91 Å². The Morgan fingerprint density at radius 2 is 1.90 bits per heavy atom. The van der Waals surface area contributed by atoms with Crippen LogP contribution in [0.15, 0.2) is 66.5 Å². The summed E-state index contributed by atoms with van der Waals surface area (Å²) in [5.41, 5.74) is 3.22. The fourth-order valence-corrected chi connectivity index (χ4v) is 5.14. The van der Waals surface area contributed by atoms with Crippen LogP contribution in [0.3, 0.4) is 0 Å². The molecule has 2 aromatic heterocycles. The number of benzene rings is 2. The maximum absolute atomic E-state index is 14.6. The maximum Gasteiger partial charge on any atom is 0.264 e. The fourth-order valence-electron chi connectivity index (χ4n) is 5.14. The van der Waals surface area contributed by atoms with E-state index < -0.39 is 5.82 Å². The average Bonchev–Trinajstić information content (AvgIpc) is 3.59. The molecule has 0 bridgehead atoms. The summed E-state index contributed by atoms with van der Waals surface area (Å²) >= 11 is 0. The van der Waals surface area contributed by atoms with Crippen molar-refractivity contribution in [3.05, 3.63) is 83.8 Å². The van der Waals surface area contributed by atoms with Crippen molar-refractivity contribution in [2.75, 3.05) is 20.2 Å². The molecule has 5 rings (SSSR count). The summed E-state index contributed by atoms with van der Waals surface area (Å²) in [4.78, 5) is 24.4. The predicted molar refractivity (Wildman–Crippen MR) is 153 cm³/mol. The molecule has 0 N–H and O–H groups in total. The van der Waals surface area contributed by atoms with Crippen LogP contribution in [-0.2, 0) is 4.79 Å². The number of nitrogens with zero attached hydrogens (tertiary/aromatic N) is 5. The molecule has 8 nitrogen and oxygen atoms in total. The summed E-state index contributed by atoms with van der Waals surface area (Å²) < 4.78 is 27.4. The number of aromatic nitrogens is 3. The maximum atomic E-state index is 14.6. The van der Waals surface area contributed by atoms with Gasteiger partial charge in [0.2, 0.25) is 5.82 Å². The third-order valence-electron chi connectivity index (χ3n) is 7.04. The average molecular weight is 554 g/mol. The number of likely N-dealkylation sites (tertiary alicyclic amines) is 1. The molecular formula is C32H32FN5O3. The molecule has 0 saturated carbocycles. The van der Waals surface area contributed by atoms with Crippen LogP contribution in [0.2, 0.25) is 0 Å². The quantitative estimate of drug-likeness (QED) is 0.201. The van der Waals surface area contributed by atoms with E-state index in [-0.39, 0.29) is 34.3 Å². The van der Waals surface area contributed by atoms with Gasteiger partial charge < -0.3 is 14.4 Å². The summed E-state index contributed by atoms with van der Waals surface area (Å²) in [6.07, 6.45) is 6.10. The zero-order chi connectivity index (χ0) is 29.3. The van der Waals surface area contributed by atoms with Gasteiger partial charge in [0, 0.05) is 37.0 Å². The zero-order valence-corrected chi connectivity index (χ0v) is 23.8. The molecule has 1 fully saturated rings. The number of hydrogen-bond donors (Lipinski definition) is 0. The number of halogens is 1. The number of aryl methyl sites for hydroxylation is 1. The largest absolute Gasteiger partial charge is 0.494 e. The van der Waals surface area contributed by atoms with Crippen LogP contribution in [-0.4, -0.2) is 45.4 Å². The smallest absolute Gasteiger partial charge is 0.264 e. The molecule has 1 aliphatic heterocycles. The number of methoxy groups -OCH3 is 1. The number of carbonyl (C=O) groups is 1. The molecule has 1 aliphatic rings. The molecule has 0 unspecified atom stereocenters. The minimum atomic E-state index is -0.564. The molecule has 9 heteroatoms. The number of allylic oxidation sites excluding steroid dienone is 1. The second-order valence-electron chi connectivity index (χ2n) is 11.2. The monoisotopic (exact) mass is 553 g/mol. The summed E-state index contributed by atoms with van der Waals surface area (Å²) in [6, 6.07) is 14.1. The van der Waals surface area contributed by atoms with Crippen molar-refractivity contribution in [1.82, 2.24) is 19.3 Å². The van der Waals surface area contributed by atoms with E-state index in [1.54, 1.807) is 41.4 Å². The van der Waals surface area contributed by atoms with Crippen molar-refractivity contribution in [2.45, 2.75) is 40.0 Å². The zero-order valence-electron chi connectivity index (χ0n) is 23.8. The normalized spacial score (nSPS) is 15.7. The van der Waals surface area contributed by atoms with Crippen LogP contribution in [0.4, 0.5) is 4.39 Å². The first kappa shape index (κ1) is 27.8. The highest BCUT2D eigenvalue weighted by atomic mass is 19.1. The Kier molecular flexibility index (Phi) is 7.50. The number of rotatable bonds is 6. The molecule has 0 radical (unpaired) electrons. The van der Waals surface area contributed by atoms with Crippen molar-refractivity contribution in [1.29, 1.82) is 5.26 Å². The van der Waals surface area contributed by atoms with Gasteiger partial charge in [-0.3, -0.25) is 14.2 Å². The summed E-state index contributed by atoms with van der Waals surface area (Å²) in [5.74, 6) is 0.686.